The fourth-order valence-corrected chi connectivity index (χ4v) is 2.54. The van der Waals surface area contributed by atoms with E-state index in [0.29, 0.717) is 12.4 Å². The fourth-order valence-electron chi connectivity index (χ4n) is 2.54. The number of nitrogens with one attached hydrogen (secondary N) is 1. The van der Waals surface area contributed by atoms with Crippen LogP contribution < -0.4 is 14.8 Å². The van der Waals surface area contributed by atoms with Gasteiger partial charge in [-0.3, -0.25) is 4.79 Å². The van der Waals surface area contributed by atoms with Crippen LogP contribution in [0.2, 0.25) is 0 Å². The molecule has 0 aliphatic carbocycles. The lowest BCUT2D eigenvalue weighted by molar-refractivity contribution is -0.128. The van der Waals surface area contributed by atoms with E-state index in [1.165, 1.54) is 0 Å². The summed E-state index contributed by atoms with van der Waals surface area (Å²) in [6.45, 7) is 2.36. The highest BCUT2D eigenvalue weighted by Gasteiger charge is 2.25. The van der Waals surface area contributed by atoms with Crippen molar-refractivity contribution in [3.63, 3.8) is 0 Å². The van der Waals surface area contributed by atoms with Crippen molar-refractivity contribution < 1.29 is 14.3 Å². The first-order chi connectivity index (χ1) is 10.7. The van der Waals surface area contributed by atoms with Crippen molar-refractivity contribution in [1.29, 1.82) is 0 Å². The smallest absolute Gasteiger partial charge is 0.261 e. The molecule has 1 heterocycles. The molecule has 3 rings (SSSR count). The molecular weight excluding hydrogens is 278 g/mol. The quantitative estimate of drug-likeness (QED) is 0.943. The molecular formula is C18H19NO3. The van der Waals surface area contributed by atoms with E-state index in [1.54, 1.807) is 6.92 Å². The summed E-state index contributed by atoms with van der Waals surface area (Å²) in [5.41, 5.74) is 1.02. The normalized spacial score (nSPS) is 17.8. The maximum Gasteiger partial charge on any atom is 0.261 e. The van der Waals surface area contributed by atoms with Gasteiger partial charge in [0.1, 0.15) is 11.5 Å². The fraction of sp³-hybridized carbons (Fsp3) is 0.278. The van der Waals surface area contributed by atoms with Crippen LogP contribution in [0.25, 0.3) is 0 Å². The van der Waals surface area contributed by atoms with Gasteiger partial charge < -0.3 is 14.8 Å². The monoisotopic (exact) mass is 297 g/mol. The van der Waals surface area contributed by atoms with Crippen LogP contribution in [-0.4, -0.2) is 18.6 Å². The van der Waals surface area contributed by atoms with Crippen LogP contribution in [-0.2, 0) is 4.79 Å². The Morgan fingerprint density at radius 1 is 1.18 bits per heavy atom. The van der Waals surface area contributed by atoms with E-state index in [-0.39, 0.29) is 11.9 Å². The van der Waals surface area contributed by atoms with E-state index < -0.39 is 6.10 Å². The molecule has 22 heavy (non-hydrogen) atoms. The molecule has 0 fully saturated rings. The third-order valence-electron chi connectivity index (χ3n) is 3.70. The van der Waals surface area contributed by atoms with Crippen LogP contribution in [0, 0.1) is 0 Å². The molecule has 2 aromatic carbocycles. The van der Waals surface area contributed by atoms with Gasteiger partial charge in [0, 0.05) is 12.0 Å². The van der Waals surface area contributed by atoms with Crippen molar-refractivity contribution in [2.45, 2.75) is 25.5 Å². The summed E-state index contributed by atoms with van der Waals surface area (Å²) in [7, 11) is 0. The Bertz CT molecular complexity index is 642. The van der Waals surface area contributed by atoms with Crippen molar-refractivity contribution in [2.75, 3.05) is 6.61 Å². The highest BCUT2D eigenvalue weighted by Crippen LogP contribution is 2.31. The summed E-state index contributed by atoms with van der Waals surface area (Å²) in [5.74, 6) is 1.42. The maximum absolute atomic E-state index is 12.3. The molecule has 0 aromatic heterocycles. The molecule has 0 radical (unpaired) electrons. The minimum absolute atomic E-state index is 0.0285. The topological polar surface area (TPSA) is 47.6 Å². The van der Waals surface area contributed by atoms with Crippen LogP contribution >= 0.6 is 0 Å². The average molecular weight is 297 g/mol. The number of carbonyl (C=O) groups is 1. The predicted octanol–water partition coefficient (Wildman–Crippen LogP) is 3.09. The number of benzene rings is 2. The lowest BCUT2D eigenvalue weighted by Crippen LogP contribution is -2.40. The number of carbonyl (C=O) groups excluding carboxylic acids is 1. The largest absolute Gasteiger partial charge is 0.493 e. The molecule has 1 amide bonds. The van der Waals surface area contributed by atoms with Gasteiger partial charge in [-0.25, -0.2) is 0 Å². The van der Waals surface area contributed by atoms with E-state index >= 15 is 0 Å². The predicted molar refractivity (Wildman–Crippen MR) is 84.0 cm³/mol. The van der Waals surface area contributed by atoms with Crippen LogP contribution in [0.1, 0.15) is 24.9 Å². The molecule has 0 spiro atoms. The third kappa shape index (κ3) is 3.22. The minimum atomic E-state index is -0.544. The Morgan fingerprint density at radius 3 is 2.73 bits per heavy atom. The minimum Gasteiger partial charge on any atom is -0.493 e. The molecule has 2 aromatic rings. The van der Waals surface area contributed by atoms with Gasteiger partial charge in [0.25, 0.3) is 5.91 Å². The lowest BCUT2D eigenvalue weighted by atomic mass is 10.0. The molecule has 114 valence electrons. The highest BCUT2D eigenvalue weighted by molar-refractivity contribution is 5.81. The SMILES string of the molecule is C[C@@H](Oc1ccccc1)C(=O)N[C@@H]1CCOc2ccccc21. The second-order valence-corrected chi connectivity index (χ2v) is 5.31. The van der Waals surface area contributed by atoms with E-state index in [2.05, 4.69) is 5.32 Å². The number of hydrogen-bond donors (Lipinski definition) is 1. The second kappa shape index (κ2) is 6.52. The Balaban J connectivity index is 1.65. The van der Waals surface area contributed by atoms with Crippen LogP contribution in [0.4, 0.5) is 0 Å². The zero-order valence-electron chi connectivity index (χ0n) is 12.5. The number of amides is 1. The van der Waals surface area contributed by atoms with Gasteiger partial charge in [0.05, 0.1) is 12.6 Å². The molecule has 2 atom stereocenters. The van der Waals surface area contributed by atoms with Gasteiger partial charge >= 0.3 is 0 Å². The first-order valence-corrected chi connectivity index (χ1v) is 7.48. The zero-order chi connectivity index (χ0) is 15.4. The molecule has 1 aliphatic rings. The molecule has 0 saturated carbocycles. The Morgan fingerprint density at radius 2 is 1.91 bits per heavy atom. The highest BCUT2D eigenvalue weighted by atomic mass is 16.5. The third-order valence-corrected chi connectivity index (χ3v) is 3.70. The van der Waals surface area contributed by atoms with Gasteiger partial charge in [0.15, 0.2) is 6.10 Å². The van der Waals surface area contributed by atoms with Crippen LogP contribution in [0.15, 0.2) is 54.6 Å². The van der Waals surface area contributed by atoms with Crippen molar-refractivity contribution in [2.24, 2.45) is 0 Å². The molecule has 0 unspecified atom stereocenters. The van der Waals surface area contributed by atoms with Gasteiger partial charge in [-0.1, -0.05) is 36.4 Å². The van der Waals surface area contributed by atoms with Gasteiger partial charge in [-0.15, -0.1) is 0 Å². The standard InChI is InChI=1S/C18H19NO3/c1-13(22-14-7-3-2-4-8-14)18(20)19-16-11-12-21-17-10-6-5-9-15(16)17/h2-10,13,16H,11-12H2,1H3,(H,19,20)/t13-,16-/m1/s1. The van der Waals surface area contributed by atoms with E-state index in [4.69, 9.17) is 9.47 Å². The van der Waals surface area contributed by atoms with E-state index in [0.717, 1.165) is 17.7 Å². The Hall–Kier alpha value is -2.49. The molecule has 0 saturated heterocycles. The second-order valence-electron chi connectivity index (χ2n) is 5.31. The summed E-state index contributed by atoms with van der Waals surface area (Å²) < 4.78 is 11.3. The van der Waals surface area contributed by atoms with Gasteiger partial charge in [0.2, 0.25) is 0 Å². The summed E-state index contributed by atoms with van der Waals surface area (Å²) in [6, 6.07) is 17.1. The van der Waals surface area contributed by atoms with Gasteiger partial charge in [-0.05, 0) is 25.1 Å². The summed E-state index contributed by atoms with van der Waals surface area (Å²) >= 11 is 0. The van der Waals surface area contributed by atoms with E-state index in [1.807, 2.05) is 54.6 Å². The number of hydrogen-bond acceptors (Lipinski definition) is 3. The van der Waals surface area contributed by atoms with Crippen LogP contribution in [0.3, 0.4) is 0 Å². The molecule has 0 bridgehead atoms. The first kappa shape index (κ1) is 14.4. The summed E-state index contributed by atoms with van der Waals surface area (Å²) in [4.78, 5) is 12.3. The first-order valence-electron chi connectivity index (χ1n) is 7.48. The van der Waals surface area contributed by atoms with Gasteiger partial charge in [-0.2, -0.15) is 0 Å². The maximum atomic E-state index is 12.3. The van der Waals surface area contributed by atoms with Crippen molar-refractivity contribution in [3.8, 4) is 11.5 Å². The average Bonchev–Trinajstić information content (AvgIpc) is 2.56. The van der Waals surface area contributed by atoms with Crippen molar-refractivity contribution in [3.05, 3.63) is 60.2 Å². The molecule has 1 aliphatic heterocycles. The molecule has 4 nitrogen and oxygen atoms in total. The molecule has 1 N–H and O–H groups in total. The summed E-state index contributed by atoms with van der Waals surface area (Å²) in [6.07, 6.45) is 0.221. The van der Waals surface area contributed by atoms with Crippen molar-refractivity contribution >= 4 is 5.91 Å². The number of ether oxygens (including phenoxy) is 2. The number of fused-ring (bicyclic) bond motifs is 1. The Labute approximate surface area is 130 Å². The Kier molecular flexibility index (Phi) is 4.28. The lowest BCUT2D eigenvalue weighted by Gasteiger charge is -2.27. The number of rotatable bonds is 4. The summed E-state index contributed by atoms with van der Waals surface area (Å²) in [5, 5.41) is 3.05. The zero-order valence-corrected chi connectivity index (χ0v) is 12.5. The molecule has 4 heteroatoms. The van der Waals surface area contributed by atoms with Crippen LogP contribution in [0.5, 0.6) is 11.5 Å². The van der Waals surface area contributed by atoms with Crippen molar-refractivity contribution in [1.82, 2.24) is 5.32 Å². The van der Waals surface area contributed by atoms with E-state index in [9.17, 15) is 4.79 Å². The number of para-hydroxylation sites is 2.